The van der Waals surface area contributed by atoms with Crippen LogP contribution in [-0.4, -0.2) is 25.4 Å². The van der Waals surface area contributed by atoms with Crippen molar-refractivity contribution < 1.29 is 9.47 Å². The molecule has 118 valence electrons. The highest BCUT2D eigenvalue weighted by Crippen LogP contribution is 2.25. The summed E-state index contributed by atoms with van der Waals surface area (Å²) in [6, 6.07) is 9.22. The van der Waals surface area contributed by atoms with Gasteiger partial charge in [-0.15, -0.1) is 0 Å². The summed E-state index contributed by atoms with van der Waals surface area (Å²) >= 11 is 0. The fraction of sp³-hybridized carbons (Fsp3) is 0.667. The van der Waals surface area contributed by atoms with Crippen LogP contribution in [0, 0.1) is 0 Å². The zero-order chi connectivity index (χ0) is 15.2. The Kier molecular flexibility index (Phi) is 6.07. The van der Waals surface area contributed by atoms with E-state index in [1.807, 2.05) is 21.0 Å². The summed E-state index contributed by atoms with van der Waals surface area (Å²) in [4.78, 5) is 0. The first-order valence-corrected chi connectivity index (χ1v) is 8.15. The van der Waals surface area contributed by atoms with E-state index < -0.39 is 0 Å². The van der Waals surface area contributed by atoms with Gasteiger partial charge in [0.1, 0.15) is 5.75 Å². The van der Waals surface area contributed by atoms with Gasteiger partial charge in [-0.25, -0.2) is 0 Å². The molecule has 1 fully saturated rings. The Hall–Kier alpha value is -1.06. The Balaban J connectivity index is 1.94. The topological polar surface area (TPSA) is 30.5 Å². The average molecular weight is 291 g/mol. The second-order valence-corrected chi connectivity index (χ2v) is 6.29. The first-order chi connectivity index (χ1) is 10.1. The van der Waals surface area contributed by atoms with Crippen LogP contribution >= 0.6 is 0 Å². The third-order valence-electron chi connectivity index (χ3n) is 4.22. The van der Waals surface area contributed by atoms with Crippen molar-refractivity contribution in [3.63, 3.8) is 0 Å². The first-order valence-electron chi connectivity index (χ1n) is 8.15. The Bertz CT molecular complexity index is 416. The summed E-state index contributed by atoms with van der Waals surface area (Å²) in [5, 5.41) is 3.73. The fourth-order valence-corrected chi connectivity index (χ4v) is 3.09. The third-order valence-corrected chi connectivity index (χ3v) is 4.22. The van der Waals surface area contributed by atoms with Crippen molar-refractivity contribution >= 4 is 0 Å². The van der Waals surface area contributed by atoms with Gasteiger partial charge < -0.3 is 14.8 Å². The molecule has 0 heterocycles. The van der Waals surface area contributed by atoms with Gasteiger partial charge in [-0.1, -0.05) is 25.0 Å². The van der Waals surface area contributed by atoms with E-state index in [9.17, 15) is 0 Å². The smallest absolute Gasteiger partial charge is 0.119 e. The number of ether oxygens (including phenoxy) is 2. The molecule has 1 saturated carbocycles. The number of hydrogen-bond acceptors (Lipinski definition) is 3. The number of hydrogen-bond donors (Lipinski definition) is 1. The summed E-state index contributed by atoms with van der Waals surface area (Å²) in [5.41, 5.74) is 1.30. The van der Waals surface area contributed by atoms with Crippen LogP contribution in [0.4, 0.5) is 0 Å². The molecule has 0 saturated heterocycles. The lowest BCUT2D eigenvalue weighted by molar-refractivity contribution is 0.0384. The van der Waals surface area contributed by atoms with Gasteiger partial charge in [0.15, 0.2) is 0 Å². The van der Waals surface area contributed by atoms with Crippen molar-refractivity contribution in [3.05, 3.63) is 29.8 Å². The summed E-state index contributed by atoms with van der Waals surface area (Å²) < 4.78 is 11.3. The summed E-state index contributed by atoms with van der Waals surface area (Å²) in [6.07, 6.45) is 5.53. The molecule has 0 aliphatic heterocycles. The van der Waals surface area contributed by atoms with Gasteiger partial charge >= 0.3 is 0 Å². The van der Waals surface area contributed by atoms with Crippen molar-refractivity contribution in [1.82, 2.24) is 5.32 Å². The molecule has 1 N–H and O–H groups in total. The lowest BCUT2D eigenvalue weighted by Crippen LogP contribution is -2.44. The van der Waals surface area contributed by atoms with Crippen molar-refractivity contribution in [2.45, 2.75) is 70.7 Å². The minimum Gasteiger partial charge on any atom is -0.491 e. The zero-order valence-corrected chi connectivity index (χ0v) is 13.8. The molecule has 1 aromatic rings. The molecule has 0 aromatic heterocycles. The molecule has 3 unspecified atom stereocenters. The Morgan fingerprint density at radius 3 is 2.33 bits per heavy atom. The largest absolute Gasteiger partial charge is 0.491 e. The van der Waals surface area contributed by atoms with Crippen LogP contribution in [0.2, 0.25) is 0 Å². The molecule has 3 atom stereocenters. The van der Waals surface area contributed by atoms with E-state index in [0.717, 1.165) is 5.75 Å². The van der Waals surface area contributed by atoms with Crippen LogP contribution in [0.25, 0.3) is 0 Å². The second kappa shape index (κ2) is 7.81. The van der Waals surface area contributed by atoms with E-state index in [1.54, 1.807) is 0 Å². The molecule has 3 nitrogen and oxygen atoms in total. The van der Waals surface area contributed by atoms with Gasteiger partial charge in [0, 0.05) is 19.2 Å². The highest BCUT2D eigenvalue weighted by atomic mass is 16.5. The van der Waals surface area contributed by atoms with Crippen molar-refractivity contribution in [2.24, 2.45) is 0 Å². The SMILES string of the molecule is COC1CCCCC1NC(C)c1ccc(OC(C)C)cc1. The minimum atomic E-state index is 0.219. The van der Waals surface area contributed by atoms with E-state index in [-0.39, 0.29) is 6.10 Å². The van der Waals surface area contributed by atoms with E-state index in [1.165, 1.54) is 31.2 Å². The highest BCUT2D eigenvalue weighted by molar-refractivity contribution is 5.29. The van der Waals surface area contributed by atoms with Gasteiger partial charge in [0.25, 0.3) is 0 Å². The number of benzene rings is 1. The molecule has 1 aliphatic carbocycles. The molecule has 2 rings (SSSR count). The normalized spacial score (nSPS) is 24.0. The minimum absolute atomic E-state index is 0.219. The van der Waals surface area contributed by atoms with Crippen LogP contribution < -0.4 is 10.1 Å². The second-order valence-electron chi connectivity index (χ2n) is 6.29. The molecule has 0 radical (unpaired) electrons. The van der Waals surface area contributed by atoms with Crippen LogP contribution in [0.5, 0.6) is 5.75 Å². The molecule has 0 spiro atoms. The predicted molar refractivity (Wildman–Crippen MR) is 86.8 cm³/mol. The molecule has 3 heteroatoms. The van der Waals surface area contributed by atoms with Crippen molar-refractivity contribution in [1.29, 1.82) is 0 Å². The maximum atomic E-state index is 5.69. The molecule has 21 heavy (non-hydrogen) atoms. The van der Waals surface area contributed by atoms with Crippen LogP contribution in [0.15, 0.2) is 24.3 Å². The molecule has 1 aliphatic rings. The van der Waals surface area contributed by atoms with E-state index >= 15 is 0 Å². The molecular formula is C18H29NO2. The van der Waals surface area contributed by atoms with Crippen LogP contribution in [-0.2, 0) is 4.74 Å². The van der Waals surface area contributed by atoms with Crippen LogP contribution in [0.3, 0.4) is 0 Å². The quantitative estimate of drug-likeness (QED) is 0.856. The lowest BCUT2D eigenvalue weighted by Gasteiger charge is -2.33. The fourth-order valence-electron chi connectivity index (χ4n) is 3.09. The predicted octanol–water partition coefficient (Wildman–Crippen LogP) is 4.08. The van der Waals surface area contributed by atoms with Crippen molar-refractivity contribution in [3.8, 4) is 5.75 Å². The Morgan fingerprint density at radius 2 is 1.71 bits per heavy atom. The van der Waals surface area contributed by atoms with Crippen LogP contribution in [0.1, 0.15) is 58.1 Å². The Morgan fingerprint density at radius 1 is 1.05 bits per heavy atom. The highest BCUT2D eigenvalue weighted by Gasteiger charge is 2.26. The van der Waals surface area contributed by atoms with Gasteiger partial charge in [0.2, 0.25) is 0 Å². The Labute approximate surface area is 129 Å². The molecule has 0 amide bonds. The van der Waals surface area contributed by atoms with E-state index in [4.69, 9.17) is 9.47 Å². The summed E-state index contributed by atoms with van der Waals surface area (Å²) in [5.74, 6) is 0.938. The number of nitrogens with one attached hydrogen (secondary N) is 1. The van der Waals surface area contributed by atoms with E-state index in [2.05, 4.69) is 36.5 Å². The molecular weight excluding hydrogens is 262 g/mol. The van der Waals surface area contributed by atoms with E-state index in [0.29, 0.717) is 18.2 Å². The maximum absolute atomic E-state index is 5.69. The summed E-state index contributed by atoms with van der Waals surface area (Å²) in [6.45, 7) is 6.32. The third kappa shape index (κ3) is 4.72. The molecule has 1 aromatic carbocycles. The number of rotatable bonds is 6. The molecule has 0 bridgehead atoms. The first kappa shape index (κ1) is 16.3. The van der Waals surface area contributed by atoms with Gasteiger partial charge in [-0.05, 0) is 51.3 Å². The lowest BCUT2D eigenvalue weighted by atomic mass is 9.91. The van der Waals surface area contributed by atoms with Gasteiger partial charge in [0.05, 0.1) is 12.2 Å². The monoisotopic (exact) mass is 291 g/mol. The average Bonchev–Trinajstić information content (AvgIpc) is 2.48. The summed E-state index contributed by atoms with van der Waals surface area (Å²) in [7, 11) is 1.83. The van der Waals surface area contributed by atoms with Gasteiger partial charge in [-0.2, -0.15) is 0 Å². The van der Waals surface area contributed by atoms with Crippen molar-refractivity contribution in [2.75, 3.05) is 7.11 Å². The zero-order valence-electron chi connectivity index (χ0n) is 13.8. The number of methoxy groups -OCH3 is 1. The van der Waals surface area contributed by atoms with Gasteiger partial charge in [-0.3, -0.25) is 0 Å². The standard InChI is InChI=1S/C18H29NO2/c1-13(2)21-16-11-9-15(10-12-16)14(3)19-17-7-5-6-8-18(17)20-4/h9-14,17-19H,5-8H2,1-4H3. The maximum Gasteiger partial charge on any atom is 0.119 e.